The fraction of sp³-hybridized carbons (Fsp3) is 0.879. The molecule has 2 amide bonds. The van der Waals surface area contributed by atoms with E-state index in [9.17, 15) is 19.8 Å². The lowest BCUT2D eigenvalue weighted by molar-refractivity contribution is -0.137. The summed E-state index contributed by atoms with van der Waals surface area (Å²) in [5.74, 6) is 3.83. The lowest BCUT2D eigenvalue weighted by atomic mass is 9.47. The van der Waals surface area contributed by atoms with E-state index in [0.717, 1.165) is 43.4 Å². The van der Waals surface area contributed by atoms with Crippen LogP contribution >= 0.6 is 0 Å². The number of carboxylic acid groups (broad SMARTS) is 1. The lowest BCUT2D eigenvalue weighted by Crippen LogP contribution is -2.65. The fourth-order valence-corrected chi connectivity index (χ4v) is 10.4. The van der Waals surface area contributed by atoms with Crippen LogP contribution in [0.3, 0.4) is 0 Å². The van der Waals surface area contributed by atoms with Gasteiger partial charge in [0, 0.05) is 26.1 Å². The van der Waals surface area contributed by atoms with Gasteiger partial charge in [-0.25, -0.2) is 4.79 Å². The van der Waals surface area contributed by atoms with Gasteiger partial charge in [-0.2, -0.15) is 0 Å². The van der Waals surface area contributed by atoms with E-state index >= 15 is 0 Å². The molecule has 6 nitrogen and oxygen atoms in total. The summed E-state index contributed by atoms with van der Waals surface area (Å²) < 4.78 is 0. The normalized spacial score (nSPS) is 42.9. The van der Waals surface area contributed by atoms with Gasteiger partial charge in [-0.15, -0.1) is 0 Å². The minimum Gasteiger partial charge on any atom is -0.465 e. The summed E-state index contributed by atoms with van der Waals surface area (Å²) in [5, 5.41) is 20.0. The first-order valence-electron chi connectivity index (χ1n) is 16.0. The number of aliphatic hydroxyl groups excluding tert-OH is 1. The Morgan fingerprint density at radius 3 is 2.46 bits per heavy atom. The summed E-state index contributed by atoms with van der Waals surface area (Å²) in [5.41, 5.74) is 1.65. The third-order valence-electron chi connectivity index (χ3n) is 13.2. The third kappa shape index (κ3) is 4.75. The van der Waals surface area contributed by atoms with Gasteiger partial charge in [-0.3, -0.25) is 9.69 Å². The molecule has 1 saturated heterocycles. The van der Waals surface area contributed by atoms with Crippen molar-refractivity contribution in [2.75, 3.05) is 19.6 Å². The fourth-order valence-electron chi connectivity index (χ4n) is 10.4. The van der Waals surface area contributed by atoms with Crippen molar-refractivity contribution in [2.24, 2.45) is 46.3 Å². The Balaban J connectivity index is 1.21. The number of rotatable bonds is 5. The number of piperazine rings is 1. The monoisotopic (exact) mass is 542 g/mol. The lowest BCUT2D eigenvalue weighted by Gasteiger charge is -2.58. The second-order valence-corrected chi connectivity index (χ2v) is 15.2. The standard InChI is InChI=1S/C33H54N2O4/c1-21(2)33(6)20-34(17-18-35(33)30(38)39)29(37)12-7-22(3)26-10-11-27-25-9-8-23-19-24(36)13-15-31(23,4)28(25)14-16-32(26,27)5/h8,21-22,24-28,36H,7,9-20H2,1-6H3,(H,38,39)/t22?,24-,25-,26+,27-,28-,31-,32+,33?/m0/s1. The van der Waals surface area contributed by atoms with Crippen molar-refractivity contribution >= 4 is 12.0 Å². The molecule has 1 heterocycles. The first kappa shape index (κ1) is 29.0. The van der Waals surface area contributed by atoms with Gasteiger partial charge in [0.05, 0.1) is 11.6 Å². The number of hydrogen-bond donors (Lipinski definition) is 2. The van der Waals surface area contributed by atoms with Gasteiger partial charge in [0.25, 0.3) is 0 Å². The van der Waals surface area contributed by atoms with Gasteiger partial charge >= 0.3 is 6.09 Å². The molecule has 2 unspecified atom stereocenters. The van der Waals surface area contributed by atoms with Crippen molar-refractivity contribution in [3.63, 3.8) is 0 Å². The van der Waals surface area contributed by atoms with E-state index in [1.54, 1.807) is 10.5 Å². The number of amides is 2. The zero-order valence-electron chi connectivity index (χ0n) is 25.4. The molecule has 0 aromatic carbocycles. The van der Waals surface area contributed by atoms with Crippen LogP contribution in [0.4, 0.5) is 4.79 Å². The number of hydrogen-bond acceptors (Lipinski definition) is 3. The molecule has 3 saturated carbocycles. The second-order valence-electron chi connectivity index (χ2n) is 15.2. The zero-order valence-corrected chi connectivity index (χ0v) is 25.4. The molecule has 4 fully saturated rings. The predicted octanol–water partition coefficient (Wildman–Crippen LogP) is 6.58. The Morgan fingerprint density at radius 1 is 1.03 bits per heavy atom. The van der Waals surface area contributed by atoms with E-state index in [1.165, 1.54) is 32.1 Å². The first-order valence-corrected chi connectivity index (χ1v) is 16.0. The van der Waals surface area contributed by atoms with Crippen molar-refractivity contribution < 1.29 is 19.8 Å². The molecule has 39 heavy (non-hydrogen) atoms. The third-order valence-corrected chi connectivity index (χ3v) is 13.2. The summed E-state index contributed by atoms with van der Waals surface area (Å²) in [4.78, 5) is 28.7. The molecule has 2 N–H and O–H groups in total. The van der Waals surface area contributed by atoms with Crippen LogP contribution in [-0.2, 0) is 4.79 Å². The Hall–Kier alpha value is -1.56. The van der Waals surface area contributed by atoms with Crippen molar-refractivity contribution in [2.45, 2.75) is 117 Å². The van der Waals surface area contributed by atoms with E-state index < -0.39 is 11.6 Å². The molecule has 0 radical (unpaired) electrons. The van der Waals surface area contributed by atoms with E-state index in [4.69, 9.17) is 0 Å². The Morgan fingerprint density at radius 2 is 1.77 bits per heavy atom. The van der Waals surface area contributed by atoms with Crippen molar-refractivity contribution in [1.82, 2.24) is 9.80 Å². The summed E-state index contributed by atoms with van der Waals surface area (Å²) >= 11 is 0. The molecular formula is C33H54N2O4. The molecule has 220 valence electrons. The van der Waals surface area contributed by atoms with Gasteiger partial charge in [0.2, 0.25) is 5.91 Å². The summed E-state index contributed by atoms with van der Waals surface area (Å²) in [7, 11) is 0. The Labute approximate surface area is 236 Å². The molecule has 4 aliphatic carbocycles. The van der Waals surface area contributed by atoms with Crippen LogP contribution in [0.25, 0.3) is 0 Å². The topological polar surface area (TPSA) is 81.1 Å². The van der Waals surface area contributed by atoms with Gasteiger partial charge in [-0.05, 0) is 111 Å². The molecule has 0 aromatic rings. The van der Waals surface area contributed by atoms with E-state index in [2.05, 4.69) is 40.7 Å². The highest BCUT2D eigenvalue weighted by Gasteiger charge is 2.59. The largest absolute Gasteiger partial charge is 0.465 e. The van der Waals surface area contributed by atoms with E-state index in [1.807, 2.05) is 11.8 Å². The summed E-state index contributed by atoms with van der Waals surface area (Å²) in [6.45, 7) is 15.0. The van der Waals surface area contributed by atoms with Crippen LogP contribution < -0.4 is 0 Å². The number of carbonyl (C=O) groups excluding carboxylic acids is 1. The first-order chi connectivity index (χ1) is 18.3. The van der Waals surface area contributed by atoms with Crippen LogP contribution in [0.2, 0.25) is 0 Å². The van der Waals surface area contributed by atoms with Crippen molar-refractivity contribution in [1.29, 1.82) is 0 Å². The molecule has 5 aliphatic rings. The molecule has 0 aromatic heterocycles. The number of carbonyl (C=O) groups is 2. The highest BCUT2D eigenvalue weighted by atomic mass is 16.4. The second kappa shape index (κ2) is 10.4. The van der Waals surface area contributed by atoms with Crippen LogP contribution in [-0.4, -0.2) is 63.3 Å². The molecule has 6 heteroatoms. The molecule has 1 aliphatic heterocycles. The van der Waals surface area contributed by atoms with Gasteiger partial charge < -0.3 is 15.1 Å². The van der Waals surface area contributed by atoms with E-state index in [0.29, 0.717) is 43.3 Å². The maximum atomic E-state index is 13.4. The predicted molar refractivity (Wildman–Crippen MR) is 154 cm³/mol. The quantitative estimate of drug-likeness (QED) is 0.385. The van der Waals surface area contributed by atoms with Gasteiger partial charge in [0.1, 0.15) is 0 Å². The summed E-state index contributed by atoms with van der Waals surface area (Å²) in [6.07, 6.45) is 12.4. The van der Waals surface area contributed by atoms with Crippen molar-refractivity contribution in [3.05, 3.63) is 11.6 Å². The van der Waals surface area contributed by atoms with Crippen LogP contribution in [0.1, 0.15) is 106 Å². The highest BCUT2D eigenvalue weighted by molar-refractivity contribution is 5.77. The SMILES string of the molecule is CC(CCC(=O)N1CCN(C(=O)O)C(C)(C(C)C)C1)[C@H]1CC[C@H]2[C@@H]3CC=C4C[C@@H](O)CC[C@]4(C)[C@H]3CC[C@]12C. The minimum atomic E-state index is -0.884. The Kier molecular flexibility index (Phi) is 7.70. The average Bonchev–Trinajstić information content (AvgIpc) is 3.24. The maximum Gasteiger partial charge on any atom is 0.407 e. The average molecular weight is 543 g/mol. The smallest absolute Gasteiger partial charge is 0.407 e. The number of fused-ring (bicyclic) bond motifs is 5. The highest BCUT2D eigenvalue weighted by Crippen LogP contribution is 2.67. The number of allylic oxidation sites excluding steroid dienone is 1. The molecule has 9 atom stereocenters. The minimum absolute atomic E-state index is 0.139. The molecule has 5 rings (SSSR count). The number of nitrogens with zero attached hydrogens (tertiary/aromatic N) is 2. The van der Waals surface area contributed by atoms with Gasteiger partial charge in [-0.1, -0.05) is 46.3 Å². The maximum absolute atomic E-state index is 13.4. The summed E-state index contributed by atoms with van der Waals surface area (Å²) in [6, 6.07) is 0. The molecule has 0 spiro atoms. The van der Waals surface area contributed by atoms with Crippen molar-refractivity contribution in [3.8, 4) is 0 Å². The van der Waals surface area contributed by atoms with Crippen LogP contribution in [0.5, 0.6) is 0 Å². The Bertz CT molecular complexity index is 994. The molecule has 0 bridgehead atoms. The van der Waals surface area contributed by atoms with Crippen LogP contribution in [0.15, 0.2) is 11.6 Å². The van der Waals surface area contributed by atoms with Crippen LogP contribution in [0, 0.1) is 46.3 Å². The number of aliphatic hydroxyl groups is 1. The molecular weight excluding hydrogens is 488 g/mol. The van der Waals surface area contributed by atoms with Gasteiger partial charge in [0.15, 0.2) is 0 Å². The zero-order chi connectivity index (χ0) is 28.3. The van der Waals surface area contributed by atoms with E-state index in [-0.39, 0.29) is 23.3 Å².